The lowest BCUT2D eigenvalue weighted by molar-refractivity contribution is -0.0603. The average molecular weight is 399 g/mol. The van der Waals surface area contributed by atoms with Gasteiger partial charge in [-0.05, 0) is 117 Å². The molecule has 160 valence electrons. The summed E-state index contributed by atoms with van der Waals surface area (Å²) in [6.45, 7) is 0.786. The lowest BCUT2D eigenvalue weighted by atomic mass is 9.48. The highest BCUT2D eigenvalue weighted by atomic mass is 16.5. The number of aryl methyl sites for hydroxylation is 1. The van der Waals surface area contributed by atoms with E-state index in [1.165, 1.54) is 70.5 Å². The molecular formula is C25H38N2O2. The Morgan fingerprint density at radius 2 is 1.72 bits per heavy atom. The highest BCUT2D eigenvalue weighted by molar-refractivity contribution is 5.66. The summed E-state index contributed by atoms with van der Waals surface area (Å²) in [7, 11) is 3.32. The Balaban J connectivity index is 1.34. The van der Waals surface area contributed by atoms with Crippen molar-refractivity contribution in [3.8, 4) is 0 Å². The first-order chi connectivity index (χ1) is 14.0. The fourth-order valence-corrected chi connectivity index (χ4v) is 7.08. The van der Waals surface area contributed by atoms with Gasteiger partial charge in [-0.1, -0.05) is 0 Å². The number of ether oxygens (including phenoxy) is 1. The van der Waals surface area contributed by atoms with E-state index in [0.717, 1.165) is 37.1 Å². The van der Waals surface area contributed by atoms with Crippen molar-refractivity contribution in [1.82, 2.24) is 9.88 Å². The Morgan fingerprint density at radius 1 is 1.10 bits per heavy atom. The van der Waals surface area contributed by atoms with Crippen LogP contribution in [0, 0.1) is 29.1 Å². The number of carbonyl (C=O) groups is 1. The highest BCUT2D eigenvalue weighted by Gasteiger charge is 2.50. The topological polar surface area (TPSA) is 42.4 Å². The van der Waals surface area contributed by atoms with Gasteiger partial charge in [0.2, 0.25) is 0 Å². The van der Waals surface area contributed by atoms with Gasteiger partial charge in [-0.15, -0.1) is 0 Å². The van der Waals surface area contributed by atoms with E-state index in [0.29, 0.717) is 11.3 Å². The van der Waals surface area contributed by atoms with Crippen LogP contribution in [-0.2, 0) is 11.2 Å². The molecule has 0 aromatic carbocycles. The van der Waals surface area contributed by atoms with Gasteiger partial charge in [-0.3, -0.25) is 4.98 Å². The van der Waals surface area contributed by atoms with Crippen molar-refractivity contribution in [2.45, 2.75) is 70.6 Å². The third-order valence-electron chi connectivity index (χ3n) is 8.20. The van der Waals surface area contributed by atoms with Gasteiger partial charge in [0.05, 0.1) is 7.11 Å². The first-order valence-corrected chi connectivity index (χ1v) is 11.7. The number of hydrogen-bond acceptors (Lipinski definition) is 3. The van der Waals surface area contributed by atoms with E-state index < -0.39 is 0 Å². The molecule has 0 N–H and O–H groups in total. The van der Waals surface area contributed by atoms with Crippen LogP contribution in [0.4, 0.5) is 4.79 Å². The van der Waals surface area contributed by atoms with Gasteiger partial charge < -0.3 is 9.64 Å². The molecule has 1 unspecified atom stereocenters. The van der Waals surface area contributed by atoms with E-state index in [9.17, 15) is 4.79 Å². The van der Waals surface area contributed by atoms with Gasteiger partial charge in [0, 0.05) is 26.0 Å². The van der Waals surface area contributed by atoms with E-state index in [-0.39, 0.29) is 6.09 Å². The molecule has 0 spiro atoms. The minimum Gasteiger partial charge on any atom is -0.453 e. The second-order valence-corrected chi connectivity index (χ2v) is 10.4. The summed E-state index contributed by atoms with van der Waals surface area (Å²) in [5.74, 6) is 3.76. The second kappa shape index (κ2) is 9.06. The molecular weight excluding hydrogens is 360 g/mol. The zero-order valence-corrected chi connectivity index (χ0v) is 18.3. The molecule has 1 aromatic heterocycles. The predicted molar refractivity (Wildman–Crippen MR) is 116 cm³/mol. The molecule has 1 heterocycles. The summed E-state index contributed by atoms with van der Waals surface area (Å²) >= 11 is 0. The van der Waals surface area contributed by atoms with E-state index in [1.54, 1.807) is 4.90 Å². The summed E-state index contributed by atoms with van der Waals surface area (Å²) in [5, 5.41) is 0. The third-order valence-corrected chi connectivity index (χ3v) is 8.20. The number of nitrogens with zero attached hydrogens (tertiary/aromatic N) is 2. The van der Waals surface area contributed by atoms with Crippen molar-refractivity contribution in [2.75, 3.05) is 20.7 Å². The third kappa shape index (κ3) is 5.13. The average Bonchev–Trinajstić information content (AvgIpc) is 2.72. The number of amides is 1. The van der Waals surface area contributed by atoms with Gasteiger partial charge in [0.1, 0.15) is 0 Å². The number of methoxy groups -OCH3 is 1. The Morgan fingerprint density at radius 3 is 2.31 bits per heavy atom. The van der Waals surface area contributed by atoms with Gasteiger partial charge in [-0.25, -0.2) is 4.79 Å². The number of pyridine rings is 1. The van der Waals surface area contributed by atoms with Crippen LogP contribution >= 0.6 is 0 Å². The maximum Gasteiger partial charge on any atom is 0.409 e. The molecule has 1 aromatic rings. The van der Waals surface area contributed by atoms with Crippen LogP contribution in [0.25, 0.3) is 0 Å². The Bertz CT molecular complexity index is 639. The van der Waals surface area contributed by atoms with Crippen LogP contribution in [0.1, 0.15) is 69.8 Å². The monoisotopic (exact) mass is 398 g/mol. The molecule has 4 bridgehead atoms. The van der Waals surface area contributed by atoms with Gasteiger partial charge in [-0.2, -0.15) is 0 Å². The lowest BCUT2D eigenvalue weighted by Crippen LogP contribution is -2.46. The summed E-state index contributed by atoms with van der Waals surface area (Å²) in [4.78, 5) is 17.7. The van der Waals surface area contributed by atoms with E-state index >= 15 is 0 Å². The van der Waals surface area contributed by atoms with E-state index in [4.69, 9.17) is 4.74 Å². The molecule has 0 saturated heterocycles. The first kappa shape index (κ1) is 20.7. The molecule has 4 nitrogen and oxygen atoms in total. The molecule has 4 fully saturated rings. The number of rotatable bonds is 9. The fraction of sp³-hybridized carbons (Fsp3) is 0.760. The van der Waals surface area contributed by atoms with Crippen molar-refractivity contribution in [1.29, 1.82) is 0 Å². The zero-order chi connectivity index (χ0) is 20.3. The maximum atomic E-state index is 11.8. The molecule has 4 aliphatic carbocycles. The molecule has 4 aliphatic rings. The SMILES string of the molecule is COC(=O)N(C)CCC(CCc1ccncc1)CCC12CC3CC(CC(C3)C1)C2. The molecule has 0 radical (unpaired) electrons. The largest absolute Gasteiger partial charge is 0.453 e. The van der Waals surface area contributed by atoms with Crippen LogP contribution in [0.15, 0.2) is 24.5 Å². The summed E-state index contributed by atoms with van der Waals surface area (Å²) in [6, 6.07) is 4.27. The molecule has 4 saturated carbocycles. The molecule has 4 heteroatoms. The number of hydrogen-bond donors (Lipinski definition) is 0. The fourth-order valence-electron chi connectivity index (χ4n) is 7.08. The maximum absolute atomic E-state index is 11.8. The predicted octanol–water partition coefficient (Wildman–Crippen LogP) is 5.72. The van der Waals surface area contributed by atoms with E-state index in [1.807, 2.05) is 19.4 Å². The van der Waals surface area contributed by atoms with Crippen molar-refractivity contribution < 1.29 is 9.53 Å². The van der Waals surface area contributed by atoms with Crippen LogP contribution in [0.2, 0.25) is 0 Å². The second-order valence-electron chi connectivity index (χ2n) is 10.4. The molecule has 29 heavy (non-hydrogen) atoms. The minimum absolute atomic E-state index is 0.223. The van der Waals surface area contributed by atoms with Crippen LogP contribution in [0.5, 0.6) is 0 Å². The molecule has 1 atom stereocenters. The van der Waals surface area contributed by atoms with Crippen molar-refractivity contribution in [2.24, 2.45) is 29.1 Å². The Kier molecular flexibility index (Phi) is 6.46. The summed E-state index contributed by atoms with van der Waals surface area (Å²) in [6.07, 6.45) is 18.7. The van der Waals surface area contributed by atoms with Gasteiger partial charge in [0.25, 0.3) is 0 Å². The van der Waals surface area contributed by atoms with Gasteiger partial charge in [0.15, 0.2) is 0 Å². The van der Waals surface area contributed by atoms with Gasteiger partial charge >= 0.3 is 6.09 Å². The quantitative estimate of drug-likeness (QED) is 0.534. The van der Waals surface area contributed by atoms with Crippen LogP contribution in [0.3, 0.4) is 0 Å². The minimum atomic E-state index is -0.223. The molecule has 5 rings (SSSR count). The summed E-state index contributed by atoms with van der Waals surface area (Å²) < 4.78 is 4.88. The number of aromatic nitrogens is 1. The lowest BCUT2D eigenvalue weighted by Gasteiger charge is -2.57. The first-order valence-electron chi connectivity index (χ1n) is 11.7. The molecule has 0 aliphatic heterocycles. The Hall–Kier alpha value is -1.58. The van der Waals surface area contributed by atoms with E-state index in [2.05, 4.69) is 17.1 Å². The smallest absolute Gasteiger partial charge is 0.409 e. The van der Waals surface area contributed by atoms with Crippen molar-refractivity contribution in [3.05, 3.63) is 30.1 Å². The normalized spacial score (nSPS) is 30.9. The summed E-state index contributed by atoms with van der Waals surface area (Å²) in [5.41, 5.74) is 2.03. The zero-order valence-electron chi connectivity index (χ0n) is 18.3. The molecule has 1 amide bonds. The number of carbonyl (C=O) groups excluding carboxylic acids is 1. The van der Waals surface area contributed by atoms with Crippen molar-refractivity contribution in [3.63, 3.8) is 0 Å². The van der Waals surface area contributed by atoms with Crippen molar-refractivity contribution >= 4 is 6.09 Å². The Labute approximate surface area is 176 Å². The van der Waals surface area contributed by atoms with Crippen LogP contribution in [-0.4, -0.2) is 36.7 Å². The standard InChI is InChI=1S/C25H38N2O2/c1-27(24(28)29-2)12-8-19(3-4-20-6-10-26-11-7-20)5-9-25-16-21-13-22(17-25)15-23(14-21)18-25/h6-7,10-11,19,21-23H,3-5,8-9,12-18H2,1-2H3. The van der Waals surface area contributed by atoms with Crippen LogP contribution < -0.4 is 0 Å². The highest BCUT2D eigenvalue weighted by Crippen LogP contribution is 2.61.